The highest BCUT2D eigenvalue weighted by molar-refractivity contribution is 5.76. The Hall–Kier alpha value is -1.91. The quantitative estimate of drug-likeness (QED) is 0.891. The van der Waals surface area contributed by atoms with Crippen molar-refractivity contribution < 1.29 is 13.3 Å². The number of nitrogens with zero attached hydrogens (tertiary/aromatic N) is 1. The van der Waals surface area contributed by atoms with Gasteiger partial charge in [0.1, 0.15) is 11.6 Å². The first-order valence-electron chi connectivity index (χ1n) is 7.22. The lowest BCUT2D eigenvalue weighted by atomic mass is 9.72. The molecular weight excluding hydrogens is 274 g/mol. The van der Waals surface area contributed by atoms with Crippen LogP contribution in [0.25, 0.3) is 11.1 Å². The Labute approximate surface area is 122 Å². The Kier molecular flexibility index (Phi) is 3.43. The van der Waals surface area contributed by atoms with Gasteiger partial charge in [0.2, 0.25) is 0 Å². The molecule has 0 radical (unpaired) electrons. The van der Waals surface area contributed by atoms with Gasteiger partial charge in [-0.05, 0) is 30.5 Å². The summed E-state index contributed by atoms with van der Waals surface area (Å²) < 4.78 is 32.4. The van der Waals surface area contributed by atoms with Gasteiger partial charge in [-0.1, -0.05) is 31.3 Å². The fourth-order valence-corrected chi connectivity index (χ4v) is 3.25. The number of benzene rings is 1. The number of nitrogen functional groups attached to an aromatic ring is 1. The summed E-state index contributed by atoms with van der Waals surface area (Å²) in [7, 11) is 0. The van der Waals surface area contributed by atoms with Gasteiger partial charge >= 0.3 is 0 Å². The smallest absolute Gasteiger partial charge is 0.175 e. The molecule has 1 aromatic carbocycles. The third-order valence-corrected chi connectivity index (χ3v) is 4.37. The Morgan fingerprint density at radius 2 is 1.71 bits per heavy atom. The van der Waals surface area contributed by atoms with Crippen LogP contribution in [0.5, 0.6) is 0 Å². The van der Waals surface area contributed by atoms with Crippen molar-refractivity contribution >= 4 is 5.82 Å². The number of anilines is 1. The second-order valence-corrected chi connectivity index (χ2v) is 6.05. The summed E-state index contributed by atoms with van der Waals surface area (Å²) in [5.41, 5.74) is 6.62. The van der Waals surface area contributed by atoms with Crippen LogP contribution in [0, 0.1) is 11.6 Å². The molecule has 2 aromatic rings. The van der Waals surface area contributed by atoms with Gasteiger partial charge in [-0.2, -0.15) is 0 Å². The zero-order valence-electron chi connectivity index (χ0n) is 12.0. The standard InChI is InChI=1S/C16H18F2N2O/c1-16(5-3-2-4-6-16)14-13(15(19)20-21-14)10-7-11(17)9-12(18)8-10/h7-9H,2-6H2,1H3,(H2,19,20). The molecule has 3 rings (SSSR count). The van der Waals surface area contributed by atoms with E-state index in [0.29, 0.717) is 16.9 Å². The Morgan fingerprint density at radius 1 is 1.10 bits per heavy atom. The van der Waals surface area contributed by atoms with E-state index in [4.69, 9.17) is 10.3 Å². The molecule has 1 saturated carbocycles. The third-order valence-electron chi connectivity index (χ3n) is 4.37. The van der Waals surface area contributed by atoms with Gasteiger partial charge in [-0.3, -0.25) is 0 Å². The Balaban J connectivity index is 2.12. The number of hydrogen-bond donors (Lipinski definition) is 1. The maximum atomic E-state index is 13.5. The van der Waals surface area contributed by atoms with Gasteiger partial charge in [-0.25, -0.2) is 8.78 Å². The molecule has 0 saturated heterocycles. The average molecular weight is 292 g/mol. The molecule has 0 bridgehead atoms. The Morgan fingerprint density at radius 3 is 2.33 bits per heavy atom. The van der Waals surface area contributed by atoms with Crippen LogP contribution >= 0.6 is 0 Å². The summed E-state index contributed by atoms with van der Waals surface area (Å²) in [6.45, 7) is 2.10. The van der Waals surface area contributed by atoms with Crippen LogP contribution in [0.3, 0.4) is 0 Å². The summed E-state index contributed by atoms with van der Waals surface area (Å²) >= 11 is 0. The minimum absolute atomic E-state index is 0.180. The average Bonchev–Trinajstić information content (AvgIpc) is 2.81. The number of hydrogen-bond acceptors (Lipinski definition) is 3. The minimum Gasteiger partial charge on any atom is -0.380 e. The van der Waals surface area contributed by atoms with Gasteiger partial charge in [0.25, 0.3) is 0 Å². The topological polar surface area (TPSA) is 52.0 Å². The van der Waals surface area contributed by atoms with E-state index < -0.39 is 11.6 Å². The van der Waals surface area contributed by atoms with Gasteiger partial charge in [-0.15, -0.1) is 0 Å². The van der Waals surface area contributed by atoms with E-state index in [1.54, 1.807) is 0 Å². The second kappa shape index (κ2) is 5.13. The van der Waals surface area contributed by atoms with Crippen molar-refractivity contribution in [3.8, 4) is 11.1 Å². The molecule has 1 aliphatic rings. The van der Waals surface area contributed by atoms with E-state index in [9.17, 15) is 8.78 Å². The lowest BCUT2D eigenvalue weighted by Gasteiger charge is -2.31. The van der Waals surface area contributed by atoms with Crippen molar-refractivity contribution in [2.45, 2.75) is 44.4 Å². The van der Waals surface area contributed by atoms with Crippen LogP contribution in [-0.2, 0) is 5.41 Å². The molecular formula is C16H18F2N2O. The maximum absolute atomic E-state index is 13.5. The maximum Gasteiger partial charge on any atom is 0.175 e. The highest BCUT2D eigenvalue weighted by atomic mass is 19.1. The van der Waals surface area contributed by atoms with E-state index in [0.717, 1.165) is 31.7 Å². The van der Waals surface area contributed by atoms with Crippen LogP contribution in [0.4, 0.5) is 14.6 Å². The van der Waals surface area contributed by atoms with E-state index in [-0.39, 0.29) is 11.2 Å². The van der Waals surface area contributed by atoms with E-state index in [2.05, 4.69) is 12.1 Å². The molecule has 112 valence electrons. The normalized spacial score (nSPS) is 17.9. The van der Waals surface area contributed by atoms with Crippen LogP contribution in [0.2, 0.25) is 0 Å². The van der Waals surface area contributed by atoms with Gasteiger partial charge in [0.15, 0.2) is 11.6 Å². The highest BCUT2D eigenvalue weighted by Gasteiger charge is 2.36. The molecule has 0 unspecified atom stereocenters. The van der Waals surface area contributed by atoms with E-state index in [1.807, 2.05) is 0 Å². The fraction of sp³-hybridized carbons (Fsp3) is 0.438. The molecule has 1 heterocycles. The second-order valence-electron chi connectivity index (χ2n) is 6.05. The monoisotopic (exact) mass is 292 g/mol. The number of nitrogens with two attached hydrogens (primary N) is 1. The summed E-state index contributed by atoms with van der Waals surface area (Å²) in [6.07, 6.45) is 5.34. The first-order valence-corrected chi connectivity index (χ1v) is 7.22. The SMILES string of the molecule is CC1(c2onc(N)c2-c2cc(F)cc(F)c2)CCCCC1. The number of halogens is 2. The number of rotatable bonds is 2. The molecule has 1 aromatic heterocycles. The fourth-order valence-electron chi connectivity index (χ4n) is 3.25. The van der Waals surface area contributed by atoms with E-state index >= 15 is 0 Å². The molecule has 0 atom stereocenters. The molecule has 1 fully saturated rings. The predicted octanol–water partition coefficient (Wildman–Crippen LogP) is 4.42. The van der Waals surface area contributed by atoms with Crippen molar-refractivity contribution in [3.63, 3.8) is 0 Å². The lowest BCUT2D eigenvalue weighted by Crippen LogP contribution is -2.25. The molecule has 1 aliphatic carbocycles. The van der Waals surface area contributed by atoms with Gasteiger partial charge < -0.3 is 10.3 Å². The van der Waals surface area contributed by atoms with Crippen LogP contribution in [0.1, 0.15) is 44.8 Å². The van der Waals surface area contributed by atoms with Gasteiger partial charge in [0, 0.05) is 11.5 Å². The van der Waals surface area contributed by atoms with Crippen LogP contribution in [-0.4, -0.2) is 5.16 Å². The predicted molar refractivity (Wildman–Crippen MR) is 76.7 cm³/mol. The first-order chi connectivity index (χ1) is 9.99. The molecule has 0 aliphatic heterocycles. The van der Waals surface area contributed by atoms with Crippen molar-refractivity contribution in [1.82, 2.24) is 5.16 Å². The lowest BCUT2D eigenvalue weighted by molar-refractivity contribution is 0.242. The number of aromatic nitrogens is 1. The zero-order valence-corrected chi connectivity index (χ0v) is 12.0. The van der Waals surface area contributed by atoms with Crippen LogP contribution < -0.4 is 5.73 Å². The minimum atomic E-state index is -0.634. The largest absolute Gasteiger partial charge is 0.380 e. The van der Waals surface area contributed by atoms with E-state index in [1.165, 1.54) is 18.6 Å². The summed E-state index contributed by atoms with van der Waals surface area (Å²) in [5, 5.41) is 3.83. The highest BCUT2D eigenvalue weighted by Crippen LogP contribution is 2.45. The summed E-state index contributed by atoms with van der Waals surface area (Å²) in [5.74, 6) is -0.442. The van der Waals surface area contributed by atoms with Crippen molar-refractivity contribution in [1.29, 1.82) is 0 Å². The van der Waals surface area contributed by atoms with Crippen molar-refractivity contribution in [2.75, 3.05) is 5.73 Å². The molecule has 0 amide bonds. The molecule has 2 N–H and O–H groups in total. The zero-order chi connectivity index (χ0) is 15.0. The molecule has 21 heavy (non-hydrogen) atoms. The van der Waals surface area contributed by atoms with Crippen molar-refractivity contribution in [2.24, 2.45) is 0 Å². The molecule has 5 heteroatoms. The molecule has 0 spiro atoms. The van der Waals surface area contributed by atoms with Gasteiger partial charge in [0.05, 0.1) is 5.56 Å². The Bertz CT molecular complexity index is 640. The molecule has 3 nitrogen and oxygen atoms in total. The first kappa shape index (κ1) is 14.0. The van der Waals surface area contributed by atoms with Crippen LogP contribution in [0.15, 0.2) is 22.7 Å². The summed E-state index contributed by atoms with van der Waals surface area (Å²) in [6, 6.07) is 3.37. The summed E-state index contributed by atoms with van der Waals surface area (Å²) in [4.78, 5) is 0. The van der Waals surface area contributed by atoms with Crippen molar-refractivity contribution in [3.05, 3.63) is 35.6 Å². The third kappa shape index (κ3) is 2.52.